The van der Waals surface area contributed by atoms with Crippen LogP contribution in [0.25, 0.3) is 0 Å². The molecule has 0 spiro atoms. The fourth-order valence-corrected chi connectivity index (χ4v) is 2.76. The molecule has 1 aliphatic rings. The maximum absolute atomic E-state index is 6.05. The molecule has 0 aromatic carbocycles. The third kappa shape index (κ3) is 1.69. The number of nitrogens with zero attached hydrogens (tertiary/aromatic N) is 1. The van der Waals surface area contributed by atoms with Gasteiger partial charge in [0, 0.05) is 18.9 Å². The Morgan fingerprint density at radius 3 is 2.44 bits per heavy atom. The molecule has 1 fully saturated rings. The fourth-order valence-electron chi connectivity index (χ4n) is 2.57. The summed E-state index contributed by atoms with van der Waals surface area (Å²) < 4.78 is 0. The largest absolute Gasteiger partial charge is 0.383 e. The third-order valence-electron chi connectivity index (χ3n) is 4.59. The van der Waals surface area contributed by atoms with E-state index in [9.17, 15) is 0 Å². The van der Waals surface area contributed by atoms with Gasteiger partial charge in [0.05, 0.1) is 10.7 Å². The van der Waals surface area contributed by atoms with Crippen LogP contribution < -0.4 is 5.32 Å². The molecule has 1 N–H and O–H groups in total. The number of halogens is 1. The minimum Gasteiger partial charge on any atom is -0.383 e. The summed E-state index contributed by atoms with van der Waals surface area (Å²) in [5.41, 5.74) is 1.81. The number of pyridine rings is 1. The second kappa shape index (κ2) is 3.63. The lowest BCUT2D eigenvalue weighted by Gasteiger charge is -2.08. The maximum Gasteiger partial charge on any atom is 0.0820 e. The van der Waals surface area contributed by atoms with Gasteiger partial charge >= 0.3 is 0 Å². The van der Waals surface area contributed by atoms with E-state index in [1.165, 1.54) is 0 Å². The van der Waals surface area contributed by atoms with Gasteiger partial charge in [-0.15, -0.1) is 0 Å². The average Bonchev–Trinajstić information content (AvgIpc) is 2.58. The first-order chi connectivity index (χ1) is 7.37. The van der Waals surface area contributed by atoms with E-state index >= 15 is 0 Å². The van der Waals surface area contributed by atoms with Crippen LogP contribution in [0, 0.1) is 16.7 Å². The summed E-state index contributed by atoms with van der Waals surface area (Å²) in [7, 11) is 0. The van der Waals surface area contributed by atoms with Gasteiger partial charge in [0.15, 0.2) is 0 Å². The van der Waals surface area contributed by atoms with E-state index in [-0.39, 0.29) is 0 Å². The topological polar surface area (TPSA) is 24.9 Å². The Balaban J connectivity index is 1.98. The predicted molar refractivity (Wildman–Crippen MR) is 68.8 cm³/mol. The Bertz CT molecular complexity index is 385. The first-order valence-corrected chi connectivity index (χ1v) is 6.08. The molecule has 0 saturated heterocycles. The minimum absolute atomic E-state index is 0.416. The van der Waals surface area contributed by atoms with Gasteiger partial charge in [-0.2, -0.15) is 0 Å². The van der Waals surface area contributed by atoms with Crippen molar-refractivity contribution in [2.45, 2.75) is 27.7 Å². The smallest absolute Gasteiger partial charge is 0.0820 e. The van der Waals surface area contributed by atoms with Crippen molar-refractivity contribution in [2.75, 3.05) is 11.9 Å². The lowest BCUT2D eigenvalue weighted by molar-refractivity contribution is 0.457. The summed E-state index contributed by atoms with van der Waals surface area (Å²) in [4.78, 5) is 3.97. The van der Waals surface area contributed by atoms with E-state index in [0.717, 1.165) is 12.2 Å². The quantitative estimate of drug-likeness (QED) is 0.866. The highest BCUT2D eigenvalue weighted by molar-refractivity contribution is 6.33. The Hall–Kier alpha value is -0.760. The van der Waals surface area contributed by atoms with Crippen LogP contribution in [0.4, 0.5) is 5.69 Å². The van der Waals surface area contributed by atoms with Crippen LogP contribution in [-0.2, 0) is 0 Å². The Kier molecular flexibility index (Phi) is 2.66. The molecule has 1 aromatic rings. The van der Waals surface area contributed by atoms with E-state index < -0.39 is 0 Å². The first kappa shape index (κ1) is 11.7. The lowest BCUT2D eigenvalue weighted by atomic mass is 10.0. The molecule has 88 valence electrons. The number of hydrogen-bond acceptors (Lipinski definition) is 2. The van der Waals surface area contributed by atoms with Crippen molar-refractivity contribution in [3.63, 3.8) is 0 Å². The molecule has 0 unspecified atom stereocenters. The van der Waals surface area contributed by atoms with Crippen molar-refractivity contribution in [2.24, 2.45) is 16.7 Å². The van der Waals surface area contributed by atoms with Crippen molar-refractivity contribution >= 4 is 17.3 Å². The molecular formula is C13H19ClN2. The molecular weight excluding hydrogens is 220 g/mol. The maximum atomic E-state index is 6.05. The second-order valence-corrected chi connectivity index (χ2v) is 6.14. The van der Waals surface area contributed by atoms with Gasteiger partial charge in [-0.3, -0.25) is 4.98 Å². The molecule has 16 heavy (non-hydrogen) atoms. The van der Waals surface area contributed by atoms with E-state index in [1.807, 2.05) is 6.07 Å². The van der Waals surface area contributed by atoms with Crippen LogP contribution in [0.15, 0.2) is 18.5 Å². The molecule has 1 heterocycles. The zero-order valence-electron chi connectivity index (χ0n) is 10.3. The molecule has 1 saturated carbocycles. The van der Waals surface area contributed by atoms with Gasteiger partial charge in [-0.05, 0) is 22.8 Å². The van der Waals surface area contributed by atoms with E-state index in [1.54, 1.807) is 12.4 Å². The van der Waals surface area contributed by atoms with Crippen molar-refractivity contribution in [1.29, 1.82) is 0 Å². The van der Waals surface area contributed by atoms with Crippen molar-refractivity contribution in [3.8, 4) is 0 Å². The van der Waals surface area contributed by atoms with Gasteiger partial charge in [-0.25, -0.2) is 0 Å². The van der Waals surface area contributed by atoms with Crippen LogP contribution in [-0.4, -0.2) is 11.5 Å². The molecule has 2 rings (SSSR count). The Morgan fingerprint density at radius 2 is 1.94 bits per heavy atom. The van der Waals surface area contributed by atoms with Crippen LogP contribution in [0.5, 0.6) is 0 Å². The van der Waals surface area contributed by atoms with Crippen LogP contribution in [0.3, 0.4) is 0 Å². The van der Waals surface area contributed by atoms with Gasteiger partial charge in [0.25, 0.3) is 0 Å². The van der Waals surface area contributed by atoms with Gasteiger partial charge < -0.3 is 5.32 Å². The lowest BCUT2D eigenvalue weighted by Crippen LogP contribution is -2.08. The van der Waals surface area contributed by atoms with Crippen LogP contribution in [0.2, 0.25) is 5.02 Å². The van der Waals surface area contributed by atoms with Crippen molar-refractivity contribution in [3.05, 3.63) is 23.5 Å². The standard InChI is InChI=1S/C13H19ClN2/c1-12(2)11(13(12,3)4)8-16-10-5-6-15-7-9(10)14/h5-7,11H,8H2,1-4H3,(H,15,16). The first-order valence-electron chi connectivity index (χ1n) is 5.71. The van der Waals surface area contributed by atoms with E-state index in [4.69, 9.17) is 11.6 Å². The molecule has 0 bridgehead atoms. The number of hydrogen-bond donors (Lipinski definition) is 1. The van der Waals surface area contributed by atoms with E-state index in [0.29, 0.717) is 21.8 Å². The van der Waals surface area contributed by atoms with Crippen LogP contribution >= 0.6 is 11.6 Å². The van der Waals surface area contributed by atoms with Gasteiger partial charge in [0.2, 0.25) is 0 Å². The van der Waals surface area contributed by atoms with Crippen molar-refractivity contribution < 1.29 is 0 Å². The molecule has 0 amide bonds. The highest BCUT2D eigenvalue weighted by Crippen LogP contribution is 2.68. The number of nitrogens with one attached hydrogen (secondary N) is 1. The van der Waals surface area contributed by atoms with Gasteiger partial charge in [0.1, 0.15) is 0 Å². The number of aromatic nitrogens is 1. The summed E-state index contributed by atoms with van der Waals surface area (Å²) in [5.74, 6) is 0.698. The zero-order chi connectivity index (χ0) is 12.0. The minimum atomic E-state index is 0.416. The highest BCUT2D eigenvalue weighted by atomic mass is 35.5. The van der Waals surface area contributed by atoms with Gasteiger partial charge in [-0.1, -0.05) is 39.3 Å². The zero-order valence-corrected chi connectivity index (χ0v) is 11.1. The Morgan fingerprint density at radius 1 is 1.31 bits per heavy atom. The van der Waals surface area contributed by atoms with Crippen LogP contribution in [0.1, 0.15) is 27.7 Å². The third-order valence-corrected chi connectivity index (χ3v) is 4.89. The molecule has 0 atom stereocenters. The normalized spacial score (nSPS) is 21.8. The monoisotopic (exact) mass is 238 g/mol. The molecule has 1 aromatic heterocycles. The summed E-state index contributed by atoms with van der Waals surface area (Å²) >= 11 is 6.05. The summed E-state index contributed by atoms with van der Waals surface area (Å²) in [5, 5.41) is 4.11. The molecule has 0 aliphatic heterocycles. The predicted octanol–water partition coefficient (Wildman–Crippen LogP) is 3.83. The SMILES string of the molecule is CC1(C)C(CNc2ccncc2Cl)C1(C)C. The molecule has 0 radical (unpaired) electrons. The molecule has 1 aliphatic carbocycles. The summed E-state index contributed by atoms with van der Waals surface area (Å²) in [6, 6.07) is 1.92. The molecule has 3 heteroatoms. The number of anilines is 1. The van der Waals surface area contributed by atoms with Crippen molar-refractivity contribution in [1.82, 2.24) is 4.98 Å². The molecule has 2 nitrogen and oxygen atoms in total. The highest BCUT2D eigenvalue weighted by Gasteiger charge is 2.63. The second-order valence-electron chi connectivity index (χ2n) is 5.73. The average molecular weight is 239 g/mol. The Labute approximate surface area is 102 Å². The fraction of sp³-hybridized carbons (Fsp3) is 0.615. The van der Waals surface area contributed by atoms with E-state index in [2.05, 4.69) is 38.0 Å². The summed E-state index contributed by atoms with van der Waals surface area (Å²) in [6.07, 6.45) is 3.43. The summed E-state index contributed by atoms with van der Waals surface area (Å²) in [6.45, 7) is 10.3. The number of rotatable bonds is 3.